The molecule has 0 bridgehead atoms. The molecule has 1 aliphatic rings. The number of methoxy groups -OCH3 is 1. The van der Waals surface area contributed by atoms with E-state index >= 15 is 0 Å². The fourth-order valence-corrected chi connectivity index (χ4v) is 2.13. The van der Waals surface area contributed by atoms with Gasteiger partial charge in [0.1, 0.15) is 5.75 Å². The van der Waals surface area contributed by atoms with E-state index in [4.69, 9.17) is 4.74 Å². The maximum atomic E-state index is 11.0. The lowest BCUT2D eigenvalue weighted by Crippen LogP contribution is -2.46. The molecule has 1 heterocycles. The molecule has 0 spiro atoms. The third kappa shape index (κ3) is 3.94. The van der Waals surface area contributed by atoms with Crippen molar-refractivity contribution in [1.29, 1.82) is 0 Å². The predicted octanol–water partition coefficient (Wildman–Crippen LogP) is 0.597. The highest BCUT2D eigenvalue weighted by Gasteiger charge is 2.18. The highest BCUT2D eigenvalue weighted by molar-refractivity contribution is 5.76. The highest BCUT2D eigenvalue weighted by atomic mass is 16.5. The van der Waals surface area contributed by atoms with Crippen molar-refractivity contribution < 1.29 is 14.6 Å². The summed E-state index contributed by atoms with van der Waals surface area (Å²) in [5, 5.41) is 16.2. The summed E-state index contributed by atoms with van der Waals surface area (Å²) in [5.41, 5.74) is 0.855. The van der Waals surface area contributed by atoms with Gasteiger partial charge in [-0.3, -0.25) is 4.79 Å². The largest absolute Gasteiger partial charge is 0.497 e. The summed E-state index contributed by atoms with van der Waals surface area (Å²) in [7, 11) is 1.62. The number of carbonyl (C=O) groups is 1. The SMILES string of the molecule is COc1ccc(C(O)CNC2CCC(=O)NC2)cc1. The van der Waals surface area contributed by atoms with Crippen molar-refractivity contribution in [1.82, 2.24) is 10.6 Å². The summed E-state index contributed by atoms with van der Waals surface area (Å²) >= 11 is 0. The van der Waals surface area contributed by atoms with Crippen LogP contribution >= 0.6 is 0 Å². The van der Waals surface area contributed by atoms with E-state index in [1.807, 2.05) is 24.3 Å². The molecular weight excluding hydrogens is 244 g/mol. The average Bonchev–Trinajstić information content (AvgIpc) is 2.46. The molecule has 1 saturated heterocycles. The molecular formula is C14H20N2O3. The molecule has 5 nitrogen and oxygen atoms in total. The van der Waals surface area contributed by atoms with Crippen LogP contribution in [0.25, 0.3) is 0 Å². The van der Waals surface area contributed by atoms with E-state index in [1.165, 1.54) is 0 Å². The molecule has 1 aromatic carbocycles. The van der Waals surface area contributed by atoms with Gasteiger partial charge in [0.25, 0.3) is 0 Å². The fraction of sp³-hybridized carbons (Fsp3) is 0.500. The average molecular weight is 264 g/mol. The van der Waals surface area contributed by atoms with Gasteiger partial charge in [-0.05, 0) is 24.1 Å². The molecule has 3 N–H and O–H groups in total. The number of aliphatic hydroxyl groups is 1. The van der Waals surface area contributed by atoms with E-state index in [0.717, 1.165) is 17.7 Å². The zero-order valence-electron chi connectivity index (χ0n) is 11.1. The molecule has 2 atom stereocenters. The number of amides is 1. The summed E-state index contributed by atoms with van der Waals surface area (Å²) < 4.78 is 5.08. The molecule has 1 amide bonds. The van der Waals surface area contributed by atoms with Crippen LogP contribution in [-0.2, 0) is 4.79 Å². The first-order valence-electron chi connectivity index (χ1n) is 6.51. The Labute approximate surface area is 113 Å². The van der Waals surface area contributed by atoms with Crippen LogP contribution in [0, 0.1) is 0 Å². The van der Waals surface area contributed by atoms with Gasteiger partial charge < -0.3 is 20.5 Å². The van der Waals surface area contributed by atoms with Gasteiger partial charge in [-0.25, -0.2) is 0 Å². The Morgan fingerprint density at radius 2 is 2.21 bits per heavy atom. The van der Waals surface area contributed by atoms with Crippen LogP contribution in [0.15, 0.2) is 24.3 Å². The second-order valence-electron chi connectivity index (χ2n) is 4.74. The number of hydrogen-bond acceptors (Lipinski definition) is 4. The normalized spacial score (nSPS) is 20.7. The van der Waals surface area contributed by atoms with E-state index in [1.54, 1.807) is 7.11 Å². The zero-order chi connectivity index (χ0) is 13.7. The van der Waals surface area contributed by atoms with Crippen LogP contribution in [0.4, 0.5) is 0 Å². The molecule has 1 fully saturated rings. The lowest BCUT2D eigenvalue weighted by molar-refractivity contribution is -0.122. The zero-order valence-corrected chi connectivity index (χ0v) is 11.1. The third-order valence-electron chi connectivity index (χ3n) is 3.37. The summed E-state index contributed by atoms with van der Waals surface area (Å²) in [5.74, 6) is 0.882. The van der Waals surface area contributed by atoms with Gasteiger partial charge in [0.05, 0.1) is 13.2 Å². The Balaban J connectivity index is 1.80. The summed E-state index contributed by atoms with van der Waals surface area (Å²) in [4.78, 5) is 11.0. The van der Waals surface area contributed by atoms with Crippen molar-refractivity contribution in [2.45, 2.75) is 25.0 Å². The number of ether oxygens (including phenoxy) is 1. The molecule has 2 unspecified atom stereocenters. The van der Waals surface area contributed by atoms with E-state index in [0.29, 0.717) is 19.5 Å². The third-order valence-corrected chi connectivity index (χ3v) is 3.37. The first-order valence-corrected chi connectivity index (χ1v) is 6.51. The summed E-state index contributed by atoms with van der Waals surface area (Å²) in [6, 6.07) is 7.62. The number of aliphatic hydroxyl groups excluding tert-OH is 1. The van der Waals surface area contributed by atoms with Crippen LogP contribution in [-0.4, -0.2) is 37.3 Å². The standard InChI is InChI=1S/C14H20N2O3/c1-19-12-5-2-10(3-6-12)13(17)9-15-11-4-7-14(18)16-8-11/h2-3,5-6,11,13,15,17H,4,7-9H2,1H3,(H,16,18). The monoisotopic (exact) mass is 264 g/mol. The Morgan fingerprint density at radius 3 is 2.79 bits per heavy atom. The number of carbonyl (C=O) groups excluding carboxylic acids is 1. The number of piperidine rings is 1. The lowest BCUT2D eigenvalue weighted by Gasteiger charge is -2.24. The molecule has 5 heteroatoms. The minimum absolute atomic E-state index is 0.105. The molecule has 104 valence electrons. The van der Waals surface area contributed by atoms with E-state index in [9.17, 15) is 9.90 Å². The van der Waals surface area contributed by atoms with E-state index in [2.05, 4.69) is 10.6 Å². The predicted molar refractivity (Wildman–Crippen MR) is 72.0 cm³/mol. The topological polar surface area (TPSA) is 70.6 Å². The Hall–Kier alpha value is -1.59. The van der Waals surface area contributed by atoms with Crippen molar-refractivity contribution in [3.63, 3.8) is 0 Å². The fourth-order valence-electron chi connectivity index (χ4n) is 2.13. The van der Waals surface area contributed by atoms with Gasteiger partial charge in [0, 0.05) is 25.6 Å². The minimum atomic E-state index is -0.552. The number of hydrogen-bond donors (Lipinski definition) is 3. The number of benzene rings is 1. The second-order valence-corrected chi connectivity index (χ2v) is 4.74. The van der Waals surface area contributed by atoms with Crippen LogP contribution in [0.5, 0.6) is 5.75 Å². The van der Waals surface area contributed by atoms with Gasteiger partial charge >= 0.3 is 0 Å². The van der Waals surface area contributed by atoms with Crippen LogP contribution in [0.1, 0.15) is 24.5 Å². The summed E-state index contributed by atoms with van der Waals surface area (Å²) in [6.45, 7) is 1.11. The molecule has 0 aromatic heterocycles. The van der Waals surface area contributed by atoms with Gasteiger partial charge in [-0.2, -0.15) is 0 Å². The van der Waals surface area contributed by atoms with Gasteiger partial charge in [0.2, 0.25) is 5.91 Å². The van der Waals surface area contributed by atoms with Gasteiger partial charge in [-0.15, -0.1) is 0 Å². The van der Waals surface area contributed by atoms with Crippen LogP contribution in [0.3, 0.4) is 0 Å². The Kier molecular flexibility index (Phi) is 4.76. The van der Waals surface area contributed by atoms with Crippen LogP contribution < -0.4 is 15.4 Å². The Bertz CT molecular complexity index is 409. The minimum Gasteiger partial charge on any atom is -0.497 e. The van der Waals surface area contributed by atoms with Gasteiger partial charge in [0.15, 0.2) is 0 Å². The molecule has 0 radical (unpaired) electrons. The molecule has 0 saturated carbocycles. The molecule has 1 aromatic rings. The van der Waals surface area contributed by atoms with Gasteiger partial charge in [-0.1, -0.05) is 12.1 Å². The maximum absolute atomic E-state index is 11.0. The highest BCUT2D eigenvalue weighted by Crippen LogP contribution is 2.17. The van der Waals surface area contributed by atoms with E-state index < -0.39 is 6.10 Å². The number of nitrogens with one attached hydrogen (secondary N) is 2. The van der Waals surface area contributed by atoms with Crippen LogP contribution in [0.2, 0.25) is 0 Å². The van der Waals surface area contributed by atoms with E-state index in [-0.39, 0.29) is 11.9 Å². The first-order chi connectivity index (χ1) is 9.19. The summed E-state index contributed by atoms with van der Waals surface area (Å²) in [6.07, 6.45) is 0.820. The molecule has 1 aliphatic heterocycles. The molecule has 0 aliphatic carbocycles. The molecule has 19 heavy (non-hydrogen) atoms. The maximum Gasteiger partial charge on any atom is 0.220 e. The lowest BCUT2D eigenvalue weighted by atomic mass is 10.1. The quantitative estimate of drug-likeness (QED) is 0.728. The van der Waals surface area contributed by atoms with Crippen molar-refractivity contribution >= 4 is 5.91 Å². The molecule has 2 rings (SSSR count). The van der Waals surface area contributed by atoms with Crippen molar-refractivity contribution in [3.05, 3.63) is 29.8 Å². The smallest absolute Gasteiger partial charge is 0.220 e. The number of rotatable bonds is 5. The van der Waals surface area contributed by atoms with Crippen molar-refractivity contribution in [2.24, 2.45) is 0 Å². The van der Waals surface area contributed by atoms with Crippen molar-refractivity contribution in [3.8, 4) is 5.75 Å². The first kappa shape index (κ1) is 13.8. The van der Waals surface area contributed by atoms with Crippen molar-refractivity contribution in [2.75, 3.05) is 20.2 Å². The Morgan fingerprint density at radius 1 is 1.47 bits per heavy atom. The second kappa shape index (κ2) is 6.54.